The molecule has 1 aromatic heterocycles. The number of nitrogens with zero attached hydrogens (tertiary/aromatic N) is 3. The number of aromatic nitrogens is 1. The minimum atomic E-state index is 0.697. The lowest BCUT2D eigenvalue weighted by Crippen LogP contribution is -2.00. The summed E-state index contributed by atoms with van der Waals surface area (Å²) in [4.78, 5) is 13.5. The van der Waals surface area contributed by atoms with Crippen LogP contribution in [0.5, 0.6) is 11.5 Å². The summed E-state index contributed by atoms with van der Waals surface area (Å²) in [7, 11) is 3.38. The quantitative estimate of drug-likeness (QED) is 0.264. The number of hydrogen-bond acceptors (Lipinski definition) is 6. The van der Waals surface area contributed by atoms with Crippen molar-refractivity contribution in [3.8, 4) is 22.8 Å². The lowest BCUT2D eigenvalue weighted by atomic mass is 10.0. The zero-order valence-electron chi connectivity index (χ0n) is 24.2. The Kier molecular flexibility index (Phi) is 9.39. The van der Waals surface area contributed by atoms with Crippen LogP contribution in [0.2, 0.25) is 0 Å². The Labute approximate surface area is 232 Å². The van der Waals surface area contributed by atoms with Gasteiger partial charge in [-0.2, -0.15) is 0 Å². The Bertz CT molecular complexity index is 1350. The number of aliphatic imine (C=N–C) groups is 2. The van der Waals surface area contributed by atoms with Gasteiger partial charge in [0.15, 0.2) is 12.2 Å². The maximum Gasteiger partial charge on any atom is 0.181 e. The first-order valence-electron chi connectivity index (χ1n) is 13.9. The van der Waals surface area contributed by atoms with E-state index in [0.717, 1.165) is 71.4 Å². The first-order valence-corrected chi connectivity index (χ1v) is 13.9. The average Bonchev–Trinajstić information content (AvgIpc) is 3.69. The highest BCUT2D eigenvalue weighted by Gasteiger charge is 2.21. The van der Waals surface area contributed by atoms with Gasteiger partial charge in [0.2, 0.25) is 0 Å². The second-order valence-electron chi connectivity index (χ2n) is 11.1. The molecule has 5 rings (SSSR count). The van der Waals surface area contributed by atoms with Gasteiger partial charge in [0.05, 0.1) is 20.4 Å². The van der Waals surface area contributed by atoms with E-state index in [4.69, 9.17) is 23.9 Å². The van der Waals surface area contributed by atoms with Crippen LogP contribution in [0.3, 0.4) is 0 Å². The van der Waals surface area contributed by atoms with E-state index in [0.29, 0.717) is 5.92 Å². The second kappa shape index (κ2) is 12.9. The smallest absolute Gasteiger partial charge is 0.181 e. The SMILES string of the molecule is C=Cc1cc2c(c(OC)c1)N=C(CCC(C)C)C2.COc1cc(-c2cnco2)cc2c1N=C(CCC(C)C)C2. The first-order chi connectivity index (χ1) is 18.8. The van der Waals surface area contributed by atoms with Crippen molar-refractivity contribution in [2.45, 2.75) is 66.2 Å². The molecule has 206 valence electrons. The minimum Gasteiger partial charge on any atom is -0.494 e. The minimum absolute atomic E-state index is 0.697. The highest BCUT2D eigenvalue weighted by atomic mass is 16.5. The molecule has 0 saturated heterocycles. The van der Waals surface area contributed by atoms with Crippen molar-refractivity contribution in [1.29, 1.82) is 0 Å². The summed E-state index contributed by atoms with van der Waals surface area (Å²) in [5.41, 5.74) is 9.07. The second-order valence-corrected chi connectivity index (χ2v) is 11.1. The fourth-order valence-electron chi connectivity index (χ4n) is 4.84. The molecule has 3 heterocycles. The van der Waals surface area contributed by atoms with Gasteiger partial charge in [-0.15, -0.1) is 0 Å². The predicted molar refractivity (Wildman–Crippen MR) is 161 cm³/mol. The number of benzene rings is 2. The molecule has 0 bridgehead atoms. The maximum atomic E-state index is 5.50. The highest BCUT2D eigenvalue weighted by molar-refractivity contribution is 5.96. The van der Waals surface area contributed by atoms with E-state index >= 15 is 0 Å². The number of fused-ring (bicyclic) bond motifs is 2. The van der Waals surface area contributed by atoms with Crippen LogP contribution in [0, 0.1) is 11.8 Å². The van der Waals surface area contributed by atoms with Gasteiger partial charge in [0.1, 0.15) is 22.9 Å². The van der Waals surface area contributed by atoms with Gasteiger partial charge < -0.3 is 13.9 Å². The standard InChI is InChI=1S/C17H20N2O2.C16H21NO/c1-11(2)4-5-14-7-13-6-12(16-9-18-10-21-16)8-15(20-3)17(13)19-14;1-5-12-8-13-10-14(7-6-11(2)3)17-16(13)15(9-12)18-4/h6,8-11H,4-5,7H2,1-3H3;5,8-9,11H,1,6-7,10H2,2-4H3. The first kappa shape index (κ1) is 28.3. The third kappa shape index (κ3) is 7.05. The number of hydrogen-bond donors (Lipinski definition) is 0. The van der Waals surface area contributed by atoms with Gasteiger partial charge in [-0.05, 0) is 78.5 Å². The number of ether oxygens (including phenoxy) is 2. The van der Waals surface area contributed by atoms with Gasteiger partial charge in [-0.3, -0.25) is 9.98 Å². The van der Waals surface area contributed by atoms with Gasteiger partial charge in [0, 0.05) is 29.8 Å². The molecule has 6 nitrogen and oxygen atoms in total. The molecule has 0 fully saturated rings. The molecule has 0 radical (unpaired) electrons. The Morgan fingerprint density at radius 3 is 1.90 bits per heavy atom. The van der Waals surface area contributed by atoms with Crippen LogP contribution >= 0.6 is 0 Å². The van der Waals surface area contributed by atoms with Gasteiger partial charge in [-0.25, -0.2) is 4.98 Å². The van der Waals surface area contributed by atoms with Crippen LogP contribution in [0.25, 0.3) is 17.4 Å². The Morgan fingerprint density at radius 1 is 0.846 bits per heavy atom. The third-order valence-corrected chi connectivity index (χ3v) is 7.07. The molecule has 0 amide bonds. The van der Waals surface area contributed by atoms with E-state index in [1.54, 1.807) is 20.4 Å². The van der Waals surface area contributed by atoms with Crippen molar-refractivity contribution in [3.63, 3.8) is 0 Å². The molecule has 0 unspecified atom stereocenters. The molecular formula is C33H41N3O3. The molecule has 0 atom stereocenters. The summed E-state index contributed by atoms with van der Waals surface area (Å²) in [5, 5.41) is 0. The molecule has 0 aliphatic carbocycles. The largest absolute Gasteiger partial charge is 0.494 e. The van der Waals surface area contributed by atoms with E-state index in [2.05, 4.69) is 51.4 Å². The van der Waals surface area contributed by atoms with E-state index in [1.807, 2.05) is 18.2 Å². The molecule has 2 aliphatic rings. The lowest BCUT2D eigenvalue weighted by Gasteiger charge is -2.07. The number of methoxy groups -OCH3 is 2. The summed E-state index contributed by atoms with van der Waals surface area (Å²) < 4.78 is 16.3. The van der Waals surface area contributed by atoms with Crippen molar-refractivity contribution < 1.29 is 13.9 Å². The zero-order valence-corrected chi connectivity index (χ0v) is 24.2. The van der Waals surface area contributed by atoms with Crippen LogP contribution in [0.15, 0.2) is 57.8 Å². The van der Waals surface area contributed by atoms with E-state index < -0.39 is 0 Å². The number of rotatable bonds is 10. The lowest BCUT2D eigenvalue weighted by molar-refractivity contribution is 0.416. The molecule has 2 aromatic carbocycles. The van der Waals surface area contributed by atoms with Crippen LogP contribution in [-0.4, -0.2) is 30.6 Å². The van der Waals surface area contributed by atoms with Gasteiger partial charge in [-0.1, -0.05) is 40.3 Å². The molecule has 0 spiro atoms. The monoisotopic (exact) mass is 527 g/mol. The van der Waals surface area contributed by atoms with Crippen molar-refractivity contribution in [1.82, 2.24) is 4.98 Å². The Morgan fingerprint density at radius 2 is 1.41 bits per heavy atom. The van der Waals surface area contributed by atoms with Crippen LogP contribution in [0.4, 0.5) is 11.4 Å². The van der Waals surface area contributed by atoms with Crippen LogP contribution in [-0.2, 0) is 12.8 Å². The molecule has 2 aliphatic heterocycles. The molecule has 0 saturated carbocycles. The summed E-state index contributed by atoms with van der Waals surface area (Å²) in [6.07, 6.45) is 11.4. The third-order valence-electron chi connectivity index (χ3n) is 7.07. The number of oxazole rings is 1. The summed E-state index contributed by atoms with van der Waals surface area (Å²) in [6.45, 7) is 12.8. The normalized spacial score (nSPS) is 13.4. The van der Waals surface area contributed by atoms with Gasteiger partial charge >= 0.3 is 0 Å². The predicted octanol–water partition coefficient (Wildman–Crippen LogP) is 8.82. The summed E-state index contributed by atoms with van der Waals surface area (Å²) >= 11 is 0. The van der Waals surface area contributed by atoms with E-state index in [1.165, 1.54) is 41.8 Å². The zero-order chi connectivity index (χ0) is 27.9. The van der Waals surface area contributed by atoms with E-state index in [-0.39, 0.29) is 0 Å². The maximum absolute atomic E-state index is 5.50. The fraction of sp³-hybridized carbons (Fsp3) is 0.424. The summed E-state index contributed by atoms with van der Waals surface area (Å²) in [5.74, 6) is 3.84. The molecule has 39 heavy (non-hydrogen) atoms. The van der Waals surface area contributed by atoms with E-state index in [9.17, 15) is 0 Å². The Hall–Kier alpha value is -3.67. The van der Waals surface area contributed by atoms with Crippen LogP contribution < -0.4 is 9.47 Å². The van der Waals surface area contributed by atoms with Crippen LogP contribution in [0.1, 0.15) is 70.1 Å². The average molecular weight is 528 g/mol. The molecule has 6 heteroatoms. The highest BCUT2D eigenvalue weighted by Crippen LogP contribution is 2.41. The summed E-state index contributed by atoms with van der Waals surface area (Å²) in [6, 6.07) is 8.26. The molecule has 0 N–H and O–H groups in total. The van der Waals surface area contributed by atoms with Crippen molar-refractivity contribution >= 4 is 28.9 Å². The Balaban J connectivity index is 0.000000183. The van der Waals surface area contributed by atoms with Crippen molar-refractivity contribution in [2.75, 3.05) is 14.2 Å². The van der Waals surface area contributed by atoms with Gasteiger partial charge in [0.25, 0.3) is 0 Å². The van der Waals surface area contributed by atoms with Crippen molar-refractivity contribution in [3.05, 3.63) is 60.1 Å². The topological polar surface area (TPSA) is 69.2 Å². The fourth-order valence-corrected chi connectivity index (χ4v) is 4.84. The molecule has 3 aromatic rings. The van der Waals surface area contributed by atoms with Crippen molar-refractivity contribution in [2.24, 2.45) is 21.8 Å². The molecular weight excluding hydrogens is 486 g/mol.